The van der Waals surface area contributed by atoms with Crippen molar-refractivity contribution in [1.29, 1.82) is 5.26 Å². The van der Waals surface area contributed by atoms with Crippen LogP contribution in [0.15, 0.2) is 0 Å². The number of nitriles is 1. The van der Waals surface area contributed by atoms with Crippen LogP contribution in [0.1, 0.15) is 13.3 Å². The summed E-state index contributed by atoms with van der Waals surface area (Å²) >= 11 is 0. The molecule has 0 spiro atoms. The molecule has 0 aliphatic rings. The molecule has 0 saturated heterocycles. The van der Waals surface area contributed by atoms with Crippen molar-refractivity contribution >= 4 is 5.95 Å². The zero-order valence-corrected chi connectivity index (χ0v) is 7.97. The largest absolute Gasteiger partial charge is 0.339 e. The van der Waals surface area contributed by atoms with Crippen molar-refractivity contribution in [1.82, 2.24) is 20.2 Å². The smallest absolute Gasteiger partial charge is 0.245 e. The molecule has 13 heavy (non-hydrogen) atoms. The van der Waals surface area contributed by atoms with Crippen molar-refractivity contribution in [3.63, 3.8) is 0 Å². The van der Waals surface area contributed by atoms with Crippen LogP contribution in [0.4, 0.5) is 5.95 Å². The third-order valence-corrected chi connectivity index (χ3v) is 1.96. The Hall–Kier alpha value is -1.64. The molecule has 70 valence electrons. The quantitative estimate of drug-likeness (QED) is 0.652. The zero-order chi connectivity index (χ0) is 9.84. The van der Waals surface area contributed by atoms with Gasteiger partial charge in [0, 0.05) is 20.1 Å². The summed E-state index contributed by atoms with van der Waals surface area (Å²) in [7, 11) is 3.64. The molecule has 1 unspecified atom stereocenters. The molecule has 6 heteroatoms. The van der Waals surface area contributed by atoms with E-state index in [4.69, 9.17) is 5.26 Å². The summed E-state index contributed by atoms with van der Waals surface area (Å²) in [4.78, 5) is 1.88. The molecule has 1 aromatic heterocycles. The Kier molecular flexibility index (Phi) is 2.80. The van der Waals surface area contributed by atoms with Gasteiger partial charge in [-0.3, -0.25) is 0 Å². The van der Waals surface area contributed by atoms with Crippen LogP contribution >= 0.6 is 0 Å². The van der Waals surface area contributed by atoms with Crippen LogP contribution in [0.5, 0.6) is 0 Å². The summed E-state index contributed by atoms with van der Waals surface area (Å²) in [5.74, 6) is 0.669. The van der Waals surface area contributed by atoms with Gasteiger partial charge in [0.15, 0.2) is 0 Å². The maximum absolute atomic E-state index is 8.52. The maximum Gasteiger partial charge on any atom is 0.245 e. The van der Waals surface area contributed by atoms with E-state index in [2.05, 4.69) is 21.6 Å². The summed E-state index contributed by atoms with van der Waals surface area (Å²) in [6.07, 6.45) is 0.462. The minimum atomic E-state index is 0.120. The Labute approximate surface area is 76.8 Å². The van der Waals surface area contributed by atoms with Crippen LogP contribution in [-0.2, 0) is 7.05 Å². The average molecular weight is 180 g/mol. The minimum absolute atomic E-state index is 0.120. The van der Waals surface area contributed by atoms with Crippen molar-refractivity contribution in [3.8, 4) is 6.07 Å². The third kappa shape index (κ3) is 1.93. The second-order valence-corrected chi connectivity index (χ2v) is 2.92. The highest BCUT2D eigenvalue weighted by molar-refractivity contribution is 5.27. The molecule has 0 N–H and O–H groups in total. The molecule has 1 heterocycles. The second-order valence-electron chi connectivity index (χ2n) is 2.92. The van der Waals surface area contributed by atoms with Crippen LogP contribution in [0, 0.1) is 11.3 Å². The monoisotopic (exact) mass is 180 g/mol. The number of hydrogen-bond acceptors (Lipinski definition) is 5. The Bertz CT molecular complexity index is 311. The summed E-state index contributed by atoms with van der Waals surface area (Å²) < 4.78 is 1.58. The van der Waals surface area contributed by atoms with Crippen LogP contribution in [0.2, 0.25) is 0 Å². The summed E-state index contributed by atoms with van der Waals surface area (Å²) in [6.45, 7) is 1.96. The van der Waals surface area contributed by atoms with Crippen LogP contribution < -0.4 is 4.90 Å². The van der Waals surface area contributed by atoms with Crippen LogP contribution in [-0.4, -0.2) is 33.3 Å². The number of tetrazole rings is 1. The normalized spacial score (nSPS) is 12.2. The molecule has 1 aromatic rings. The number of hydrogen-bond donors (Lipinski definition) is 0. The number of aryl methyl sites for hydroxylation is 1. The Morgan fingerprint density at radius 3 is 2.85 bits per heavy atom. The highest BCUT2D eigenvalue weighted by atomic mass is 15.6. The van der Waals surface area contributed by atoms with E-state index in [1.807, 2.05) is 18.9 Å². The van der Waals surface area contributed by atoms with Gasteiger partial charge in [-0.25, -0.2) is 4.68 Å². The fourth-order valence-corrected chi connectivity index (χ4v) is 0.990. The molecule has 0 aromatic carbocycles. The third-order valence-electron chi connectivity index (χ3n) is 1.96. The van der Waals surface area contributed by atoms with E-state index >= 15 is 0 Å². The lowest BCUT2D eigenvalue weighted by atomic mass is 10.2. The van der Waals surface area contributed by atoms with E-state index in [-0.39, 0.29) is 6.04 Å². The highest BCUT2D eigenvalue weighted by Crippen LogP contribution is 2.09. The van der Waals surface area contributed by atoms with Gasteiger partial charge in [-0.2, -0.15) is 5.26 Å². The lowest BCUT2D eigenvalue weighted by Crippen LogP contribution is -2.30. The molecule has 0 aliphatic heterocycles. The first-order valence-electron chi connectivity index (χ1n) is 3.99. The van der Waals surface area contributed by atoms with E-state index in [0.29, 0.717) is 12.4 Å². The van der Waals surface area contributed by atoms with Gasteiger partial charge in [-0.1, -0.05) is 5.10 Å². The van der Waals surface area contributed by atoms with Gasteiger partial charge in [0.25, 0.3) is 0 Å². The second kappa shape index (κ2) is 3.85. The Morgan fingerprint density at radius 2 is 2.38 bits per heavy atom. The SMILES string of the molecule is CC(CC#N)N(C)c1nnnn1C. The van der Waals surface area contributed by atoms with Crippen molar-refractivity contribution in [2.45, 2.75) is 19.4 Å². The molecular weight excluding hydrogens is 168 g/mol. The minimum Gasteiger partial charge on any atom is -0.339 e. The molecular formula is C7H12N6. The van der Waals surface area contributed by atoms with E-state index in [1.54, 1.807) is 11.7 Å². The fourth-order valence-electron chi connectivity index (χ4n) is 0.990. The van der Waals surface area contributed by atoms with Gasteiger partial charge in [0.2, 0.25) is 5.95 Å². The van der Waals surface area contributed by atoms with Crippen molar-refractivity contribution in [2.24, 2.45) is 7.05 Å². The molecule has 0 aliphatic carbocycles. The first-order valence-corrected chi connectivity index (χ1v) is 3.99. The molecule has 0 amide bonds. The summed E-state index contributed by atoms with van der Waals surface area (Å²) in [5.41, 5.74) is 0. The lowest BCUT2D eigenvalue weighted by Gasteiger charge is -2.22. The van der Waals surface area contributed by atoms with Gasteiger partial charge < -0.3 is 4.90 Å². The summed E-state index contributed by atoms with van der Waals surface area (Å²) in [6, 6.07) is 2.23. The van der Waals surface area contributed by atoms with E-state index < -0.39 is 0 Å². The van der Waals surface area contributed by atoms with E-state index in [0.717, 1.165) is 0 Å². The molecule has 0 fully saturated rings. The number of anilines is 1. The van der Waals surface area contributed by atoms with Crippen LogP contribution in [0.3, 0.4) is 0 Å². The van der Waals surface area contributed by atoms with Gasteiger partial charge >= 0.3 is 0 Å². The molecule has 0 saturated carbocycles. The molecule has 1 atom stereocenters. The number of nitrogens with zero attached hydrogens (tertiary/aromatic N) is 6. The highest BCUT2D eigenvalue weighted by Gasteiger charge is 2.14. The van der Waals surface area contributed by atoms with Gasteiger partial charge in [0.1, 0.15) is 0 Å². The number of aromatic nitrogens is 4. The molecule has 6 nitrogen and oxygen atoms in total. The maximum atomic E-state index is 8.52. The van der Waals surface area contributed by atoms with E-state index in [1.165, 1.54) is 0 Å². The first-order chi connectivity index (χ1) is 6.16. The van der Waals surface area contributed by atoms with Gasteiger partial charge in [-0.05, 0) is 17.4 Å². The number of rotatable bonds is 3. The average Bonchev–Trinajstić information content (AvgIpc) is 2.50. The first kappa shape index (κ1) is 9.45. The fraction of sp³-hybridized carbons (Fsp3) is 0.714. The summed E-state index contributed by atoms with van der Waals surface area (Å²) in [5, 5.41) is 19.6. The van der Waals surface area contributed by atoms with E-state index in [9.17, 15) is 0 Å². The van der Waals surface area contributed by atoms with Crippen molar-refractivity contribution in [2.75, 3.05) is 11.9 Å². The predicted octanol–water partition coefficient (Wildman–Crippen LogP) is -0.0515. The molecule has 0 radical (unpaired) electrons. The standard InChI is InChI=1S/C7H12N6/c1-6(4-5-8)12(2)7-9-10-11-13(7)3/h6H,4H2,1-3H3. The Balaban J connectivity index is 2.74. The van der Waals surface area contributed by atoms with Gasteiger partial charge in [0.05, 0.1) is 12.5 Å². The lowest BCUT2D eigenvalue weighted by molar-refractivity contribution is 0.644. The molecule has 0 bridgehead atoms. The van der Waals surface area contributed by atoms with Crippen LogP contribution in [0.25, 0.3) is 0 Å². The molecule has 1 rings (SSSR count). The van der Waals surface area contributed by atoms with Crippen molar-refractivity contribution in [3.05, 3.63) is 0 Å². The Morgan fingerprint density at radius 1 is 1.69 bits per heavy atom. The topological polar surface area (TPSA) is 70.6 Å². The zero-order valence-electron chi connectivity index (χ0n) is 7.97. The van der Waals surface area contributed by atoms with Crippen molar-refractivity contribution < 1.29 is 0 Å². The predicted molar refractivity (Wildman–Crippen MR) is 46.9 cm³/mol. The van der Waals surface area contributed by atoms with Gasteiger partial charge in [-0.15, -0.1) is 0 Å².